The average Bonchev–Trinajstić information content (AvgIpc) is 4.03. The summed E-state index contributed by atoms with van der Waals surface area (Å²) in [4.78, 5) is 78.1. The average molecular weight is 851 g/mol. The summed E-state index contributed by atoms with van der Waals surface area (Å²) >= 11 is 0. The second-order valence-electron chi connectivity index (χ2n) is 19.2. The van der Waals surface area contributed by atoms with E-state index in [9.17, 15) is 19.2 Å². The summed E-state index contributed by atoms with van der Waals surface area (Å²) in [5.41, 5.74) is 3.48. The molecular formula is C48H66N8O6. The molecule has 2 aliphatic rings. The molecule has 4 heterocycles. The maximum Gasteiger partial charge on any atom is 0.410 e. The van der Waals surface area contributed by atoms with Gasteiger partial charge in [-0.15, -0.1) is 0 Å². The molecule has 2 aromatic carbocycles. The molecule has 2 N–H and O–H groups in total. The van der Waals surface area contributed by atoms with Gasteiger partial charge in [0.15, 0.2) is 0 Å². The van der Waals surface area contributed by atoms with Crippen molar-refractivity contribution in [2.75, 3.05) is 27.2 Å². The highest BCUT2D eigenvalue weighted by atomic mass is 16.6. The molecule has 2 saturated heterocycles. The fraction of sp³-hybridized carbons (Fsp3) is 0.583. The molecule has 0 radical (unpaired) electrons. The van der Waals surface area contributed by atoms with Crippen LogP contribution in [0.5, 0.6) is 0 Å². The van der Waals surface area contributed by atoms with Crippen molar-refractivity contribution in [3.05, 3.63) is 59.2 Å². The molecule has 14 heteroatoms. The number of benzene rings is 2. The molecule has 2 aliphatic heterocycles. The third-order valence-corrected chi connectivity index (χ3v) is 12.1. The van der Waals surface area contributed by atoms with Gasteiger partial charge in [-0.05, 0) is 115 Å². The normalized spacial score (nSPS) is 18.8. The maximum atomic E-state index is 14.2. The Morgan fingerprint density at radius 2 is 1.06 bits per heavy atom. The Bertz CT molecular complexity index is 2180. The summed E-state index contributed by atoms with van der Waals surface area (Å²) in [6.45, 7) is 20.1. The lowest BCUT2D eigenvalue weighted by atomic mass is 9.96. The lowest BCUT2D eigenvalue weighted by Gasteiger charge is -2.36. The molecule has 14 nitrogen and oxygen atoms in total. The van der Waals surface area contributed by atoms with Crippen LogP contribution in [0.15, 0.2) is 36.4 Å². The van der Waals surface area contributed by atoms with E-state index in [1.54, 1.807) is 14.1 Å². The van der Waals surface area contributed by atoms with Crippen molar-refractivity contribution in [2.45, 2.75) is 143 Å². The number of likely N-dealkylation sites (N-methyl/N-ethyl adjacent to an activating group) is 2. The van der Waals surface area contributed by atoms with E-state index in [0.29, 0.717) is 24.7 Å². The highest BCUT2D eigenvalue weighted by Crippen LogP contribution is 2.36. The Morgan fingerprint density at radius 1 is 0.694 bits per heavy atom. The van der Waals surface area contributed by atoms with Gasteiger partial charge in [-0.25, -0.2) is 19.6 Å². The Balaban J connectivity index is 1.18. The van der Waals surface area contributed by atoms with Crippen LogP contribution in [0.25, 0.3) is 22.1 Å². The number of H-pyrrole nitrogens is 2. The van der Waals surface area contributed by atoms with E-state index in [4.69, 9.17) is 19.4 Å². The van der Waals surface area contributed by atoms with Crippen LogP contribution in [0.2, 0.25) is 0 Å². The van der Waals surface area contributed by atoms with Gasteiger partial charge < -0.3 is 29.2 Å². The van der Waals surface area contributed by atoms with Gasteiger partial charge in [0, 0.05) is 38.3 Å². The van der Waals surface area contributed by atoms with E-state index in [1.807, 2.05) is 115 Å². The van der Waals surface area contributed by atoms with E-state index >= 15 is 0 Å². The molecule has 0 aliphatic carbocycles. The zero-order valence-electron chi connectivity index (χ0n) is 38.7. The Labute approximate surface area is 366 Å². The predicted octanol–water partition coefficient (Wildman–Crippen LogP) is 8.73. The van der Waals surface area contributed by atoms with Gasteiger partial charge in [0.05, 0.1) is 34.2 Å². The summed E-state index contributed by atoms with van der Waals surface area (Å²) in [6.07, 6.45) is 3.62. The zero-order chi connectivity index (χ0) is 45.3. The van der Waals surface area contributed by atoms with Crippen molar-refractivity contribution in [1.29, 1.82) is 0 Å². The van der Waals surface area contributed by atoms with E-state index < -0.39 is 35.5 Å². The van der Waals surface area contributed by atoms with Crippen molar-refractivity contribution in [3.63, 3.8) is 0 Å². The fourth-order valence-electron chi connectivity index (χ4n) is 8.57. The number of nitrogens with zero attached hydrogens (tertiary/aromatic N) is 6. The molecule has 62 heavy (non-hydrogen) atoms. The molecule has 2 fully saturated rings. The molecule has 4 amide bonds. The second kappa shape index (κ2) is 18.4. The Kier molecular flexibility index (Phi) is 13.6. The number of likely N-dealkylation sites (tertiary alicyclic amines) is 2. The van der Waals surface area contributed by atoms with Crippen LogP contribution in [0.4, 0.5) is 9.59 Å². The standard InChI is InChI=1S/C48H66N8O6/c1-13-29(3)39(53(11)45(59)61-47(5,6)7)43(57)55-25-15-17-37(55)41-49-33-23-21-31(27-35(33)51-41)19-20-32-22-24-34-36(28-32)52-42(50-34)38-18-16-26-56(38)44(58)40(30(4)14-2)54(12)46(60)62-48(8,9)10/h21-24,27-30,37-40H,13-18,25-26H2,1-12H3,(H,49,51)(H,50,52)/t29?,30?,37-,38-,39-,40-/m0/s1. The number of ether oxygens (including phenoxy) is 2. The quantitative estimate of drug-likeness (QED) is 0.150. The highest BCUT2D eigenvalue weighted by Gasteiger charge is 2.43. The van der Waals surface area contributed by atoms with Crippen molar-refractivity contribution in [3.8, 4) is 11.8 Å². The number of imidazole rings is 2. The number of carbonyl (C=O) groups excluding carboxylic acids is 4. The van der Waals surface area contributed by atoms with Crippen LogP contribution in [0, 0.1) is 23.7 Å². The summed E-state index contributed by atoms with van der Waals surface area (Å²) in [5.74, 6) is 7.68. The van der Waals surface area contributed by atoms with Crippen molar-refractivity contribution < 1.29 is 28.7 Å². The summed E-state index contributed by atoms with van der Waals surface area (Å²) in [7, 11) is 3.30. The minimum atomic E-state index is -0.676. The van der Waals surface area contributed by atoms with E-state index in [2.05, 4.69) is 21.8 Å². The van der Waals surface area contributed by atoms with Crippen molar-refractivity contribution in [2.24, 2.45) is 11.8 Å². The Morgan fingerprint density at radius 3 is 1.40 bits per heavy atom. The summed E-state index contributed by atoms with van der Waals surface area (Å²) in [5, 5.41) is 0. The number of fused-ring (bicyclic) bond motifs is 2. The monoisotopic (exact) mass is 851 g/mol. The van der Waals surface area contributed by atoms with Gasteiger partial charge in [-0.3, -0.25) is 19.4 Å². The number of aromatic nitrogens is 4. The summed E-state index contributed by atoms with van der Waals surface area (Å²) < 4.78 is 11.3. The first-order chi connectivity index (χ1) is 29.2. The number of carbonyl (C=O) groups is 4. The first kappa shape index (κ1) is 45.9. The molecule has 6 atom stereocenters. The third kappa shape index (κ3) is 10.2. The first-order valence-electron chi connectivity index (χ1n) is 22.2. The van der Waals surface area contributed by atoms with Gasteiger partial charge in [-0.1, -0.05) is 52.4 Å². The molecule has 0 bridgehead atoms. The molecule has 2 unspecified atom stereocenters. The van der Waals surface area contributed by atoms with E-state index in [0.717, 1.165) is 71.7 Å². The SMILES string of the molecule is CCC(C)[C@@H](C(=O)N1CCC[C@H]1c1nc2ccc(C#Cc3ccc4nc([C@@H]5CCCN5C(=O)[C@H](C(C)CC)N(C)C(=O)OC(C)(C)C)[nH]c4c3)cc2[nH]1)N(C)C(=O)OC(C)(C)C. The van der Waals surface area contributed by atoms with Gasteiger partial charge in [0.2, 0.25) is 11.8 Å². The molecule has 334 valence electrons. The number of hydrogen-bond acceptors (Lipinski definition) is 8. The topological polar surface area (TPSA) is 157 Å². The smallest absolute Gasteiger partial charge is 0.410 e. The lowest BCUT2D eigenvalue weighted by molar-refractivity contribution is -0.140. The van der Waals surface area contributed by atoms with E-state index in [-0.39, 0.29) is 35.7 Å². The van der Waals surface area contributed by atoms with Gasteiger partial charge >= 0.3 is 12.2 Å². The van der Waals surface area contributed by atoms with Crippen molar-refractivity contribution >= 4 is 46.1 Å². The number of amides is 4. The predicted molar refractivity (Wildman–Crippen MR) is 240 cm³/mol. The fourth-order valence-corrected chi connectivity index (χ4v) is 8.57. The number of aromatic amines is 2. The van der Waals surface area contributed by atoms with Gasteiger partial charge in [-0.2, -0.15) is 0 Å². The number of nitrogens with one attached hydrogen (secondary N) is 2. The Hall–Kier alpha value is -5.58. The van der Waals surface area contributed by atoms with Crippen LogP contribution >= 0.6 is 0 Å². The third-order valence-electron chi connectivity index (χ3n) is 12.1. The number of hydrogen-bond donors (Lipinski definition) is 2. The van der Waals surface area contributed by atoms with Crippen LogP contribution in [-0.2, 0) is 19.1 Å². The van der Waals surface area contributed by atoms with Crippen LogP contribution in [-0.4, -0.2) is 114 Å². The molecule has 0 saturated carbocycles. The second-order valence-corrected chi connectivity index (χ2v) is 19.2. The minimum absolute atomic E-state index is 0.0732. The largest absolute Gasteiger partial charge is 0.444 e. The van der Waals surface area contributed by atoms with E-state index in [1.165, 1.54) is 9.80 Å². The molecular weight excluding hydrogens is 785 g/mol. The van der Waals surface area contributed by atoms with Gasteiger partial charge in [0.1, 0.15) is 34.9 Å². The summed E-state index contributed by atoms with van der Waals surface area (Å²) in [6, 6.07) is 9.89. The highest BCUT2D eigenvalue weighted by molar-refractivity contribution is 5.88. The van der Waals surface area contributed by atoms with Crippen LogP contribution < -0.4 is 0 Å². The molecule has 6 rings (SSSR count). The van der Waals surface area contributed by atoms with Gasteiger partial charge in [0.25, 0.3) is 0 Å². The lowest BCUT2D eigenvalue weighted by Crippen LogP contribution is -2.53. The molecule has 2 aromatic heterocycles. The van der Waals surface area contributed by atoms with Crippen molar-refractivity contribution in [1.82, 2.24) is 39.5 Å². The zero-order valence-corrected chi connectivity index (χ0v) is 38.7. The maximum absolute atomic E-state index is 14.2. The molecule has 0 spiro atoms. The van der Waals surface area contributed by atoms with Crippen LogP contribution in [0.3, 0.4) is 0 Å². The number of rotatable bonds is 10. The van der Waals surface area contributed by atoms with Crippen LogP contribution in [0.1, 0.15) is 143 Å². The first-order valence-corrected chi connectivity index (χ1v) is 22.2. The molecule has 4 aromatic rings. The minimum Gasteiger partial charge on any atom is -0.444 e.